The van der Waals surface area contributed by atoms with Crippen LogP contribution in [0.25, 0.3) is 0 Å². The summed E-state index contributed by atoms with van der Waals surface area (Å²) in [5.41, 5.74) is 0.795. The Morgan fingerprint density at radius 2 is 2.44 bits per heavy atom. The van der Waals surface area contributed by atoms with Gasteiger partial charge in [0.15, 0.2) is 0 Å². The molecule has 3 nitrogen and oxygen atoms in total. The van der Waals surface area contributed by atoms with Crippen molar-refractivity contribution in [1.82, 2.24) is 10.3 Å². The average Bonchev–Trinajstić information content (AvgIpc) is 2.30. The molecule has 16 heavy (non-hydrogen) atoms. The number of hydrogen-bond donors (Lipinski definition) is 1. The topological polar surface area (TPSA) is 34.1 Å². The van der Waals surface area contributed by atoms with Gasteiger partial charge in [0, 0.05) is 12.7 Å². The van der Waals surface area contributed by atoms with Gasteiger partial charge < -0.3 is 10.1 Å². The number of pyridine rings is 1. The largest absolute Gasteiger partial charge is 0.376 e. The van der Waals surface area contributed by atoms with E-state index >= 15 is 0 Å². The highest BCUT2D eigenvalue weighted by atomic mass is 19.1. The molecule has 1 aromatic rings. The average molecular weight is 224 g/mol. The van der Waals surface area contributed by atoms with Gasteiger partial charge in [0.1, 0.15) is 5.82 Å². The number of aromatic nitrogens is 1. The van der Waals surface area contributed by atoms with E-state index in [0.29, 0.717) is 12.5 Å². The van der Waals surface area contributed by atoms with Crippen molar-refractivity contribution in [2.24, 2.45) is 5.92 Å². The Hall–Kier alpha value is -1.00. The Morgan fingerprint density at radius 3 is 3.19 bits per heavy atom. The Labute approximate surface area is 95.0 Å². The fraction of sp³-hybridized carbons (Fsp3) is 0.583. The highest BCUT2D eigenvalue weighted by molar-refractivity contribution is 5.08. The summed E-state index contributed by atoms with van der Waals surface area (Å²) in [4.78, 5) is 3.78. The van der Waals surface area contributed by atoms with Crippen LogP contribution in [0.1, 0.15) is 18.4 Å². The van der Waals surface area contributed by atoms with Crippen LogP contribution in [0.5, 0.6) is 0 Å². The highest BCUT2D eigenvalue weighted by Gasteiger charge is 2.12. The molecular weight excluding hydrogens is 207 g/mol. The van der Waals surface area contributed by atoms with Gasteiger partial charge in [-0.1, -0.05) is 0 Å². The van der Waals surface area contributed by atoms with E-state index in [1.165, 1.54) is 25.1 Å². The summed E-state index contributed by atoms with van der Waals surface area (Å²) in [6.07, 6.45) is 5.28. The van der Waals surface area contributed by atoms with Gasteiger partial charge in [-0.2, -0.15) is 0 Å². The van der Waals surface area contributed by atoms with E-state index in [1.54, 1.807) is 6.20 Å². The Kier molecular flexibility index (Phi) is 4.25. The second kappa shape index (κ2) is 5.92. The monoisotopic (exact) mass is 224 g/mol. The molecule has 0 bridgehead atoms. The lowest BCUT2D eigenvalue weighted by atomic mass is 10.0. The van der Waals surface area contributed by atoms with Crippen molar-refractivity contribution < 1.29 is 9.13 Å². The smallest absolute Gasteiger partial charge is 0.141 e. The van der Waals surface area contributed by atoms with Crippen LogP contribution in [0, 0.1) is 11.7 Å². The third-order valence-corrected chi connectivity index (χ3v) is 2.78. The number of piperidine rings is 1. The van der Waals surface area contributed by atoms with Gasteiger partial charge in [0.25, 0.3) is 0 Å². The second-order valence-corrected chi connectivity index (χ2v) is 4.24. The summed E-state index contributed by atoms with van der Waals surface area (Å²) in [6.45, 7) is 3.33. The molecule has 1 fully saturated rings. The molecule has 1 aromatic heterocycles. The van der Waals surface area contributed by atoms with Gasteiger partial charge >= 0.3 is 0 Å². The van der Waals surface area contributed by atoms with Crippen LogP contribution in [0.2, 0.25) is 0 Å². The number of nitrogens with zero attached hydrogens (tertiary/aromatic N) is 1. The quantitative estimate of drug-likeness (QED) is 0.845. The van der Waals surface area contributed by atoms with Crippen molar-refractivity contribution in [2.75, 3.05) is 19.7 Å². The Balaban J connectivity index is 1.71. The summed E-state index contributed by atoms with van der Waals surface area (Å²) >= 11 is 0. The minimum absolute atomic E-state index is 0.305. The Morgan fingerprint density at radius 1 is 1.50 bits per heavy atom. The summed E-state index contributed by atoms with van der Waals surface area (Å²) in [7, 11) is 0. The molecule has 1 saturated heterocycles. The van der Waals surface area contributed by atoms with E-state index in [1.807, 2.05) is 0 Å². The van der Waals surface area contributed by atoms with Crippen molar-refractivity contribution in [3.63, 3.8) is 0 Å². The lowest BCUT2D eigenvalue weighted by molar-refractivity contribution is 0.0780. The summed E-state index contributed by atoms with van der Waals surface area (Å²) in [5, 5.41) is 3.34. The molecule has 1 aliphatic heterocycles. The van der Waals surface area contributed by atoms with Crippen LogP contribution < -0.4 is 5.32 Å². The molecule has 0 spiro atoms. The molecule has 1 aliphatic rings. The van der Waals surface area contributed by atoms with Crippen molar-refractivity contribution in [3.8, 4) is 0 Å². The first-order valence-corrected chi connectivity index (χ1v) is 5.72. The molecule has 2 rings (SSSR count). The summed E-state index contributed by atoms with van der Waals surface area (Å²) < 4.78 is 18.4. The number of nitrogens with one attached hydrogen (secondary N) is 1. The summed E-state index contributed by atoms with van der Waals surface area (Å²) in [5.74, 6) is 0.288. The third-order valence-electron chi connectivity index (χ3n) is 2.78. The zero-order chi connectivity index (χ0) is 11.2. The third kappa shape index (κ3) is 3.54. The zero-order valence-electron chi connectivity index (χ0n) is 9.29. The fourth-order valence-corrected chi connectivity index (χ4v) is 1.94. The number of hydrogen-bond acceptors (Lipinski definition) is 3. The van der Waals surface area contributed by atoms with Gasteiger partial charge in [-0.25, -0.2) is 4.39 Å². The number of ether oxygens (including phenoxy) is 1. The molecular formula is C12H17FN2O. The van der Waals surface area contributed by atoms with Crippen LogP contribution in [-0.4, -0.2) is 24.7 Å². The molecule has 0 aromatic carbocycles. The lowest BCUT2D eigenvalue weighted by Gasteiger charge is -2.22. The van der Waals surface area contributed by atoms with Crippen molar-refractivity contribution >= 4 is 0 Å². The van der Waals surface area contributed by atoms with Crippen LogP contribution in [-0.2, 0) is 11.3 Å². The molecule has 2 heterocycles. The van der Waals surface area contributed by atoms with E-state index in [2.05, 4.69) is 10.3 Å². The van der Waals surface area contributed by atoms with Gasteiger partial charge in [0.05, 0.1) is 19.4 Å². The van der Waals surface area contributed by atoms with Crippen molar-refractivity contribution in [2.45, 2.75) is 19.4 Å². The first-order valence-electron chi connectivity index (χ1n) is 5.72. The van der Waals surface area contributed by atoms with Gasteiger partial charge in [-0.15, -0.1) is 0 Å². The molecule has 0 aliphatic carbocycles. The molecule has 0 amide bonds. The molecule has 0 saturated carbocycles. The van der Waals surface area contributed by atoms with Gasteiger partial charge in [-0.05, 0) is 36.9 Å². The van der Waals surface area contributed by atoms with E-state index in [0.717, 1.165) is 25.3 Å². The lowest BCUT2D eigenvalue weighted by Crippen LogP contribution is -2.32. The fourth-order valence-electron chi connectivity index (χ4n) is 1.94. The highest BCUT2D eigenvalue weighted by Crippen LogP contribution is 2.11. The van der Waals surface area contributed by atoms with Crippen LogP contribution in [0.4, 0.5) is 4.39 Å². The minimum Gasteiger partial charge on any atom is -0.376 e. The van der Waals surface area contributed by atoms with Gasteiger partial charge in [-0.3, -0.25) is 4.98 Å². The number of halogens is 1. The first-order chi connectivity index (χ1) is 7.84. The first kappa shape index (κ1) is 11.5. The minimum atomic E-state index is -0.305. The van der Waals surface area contributed by atoms with E-state index in [9.17, 15) is 4.39 Å². The predicted molar refractivity (Wildman–Crippen MR) is 59.4 cm³/mol. The Bertz CT molecular complexity index is 327. The molecule has 1 unspecified atom stereocenters. The maximum absolute atomic E-state index is 12.8. The SMILES string of the molecule is Fc1cncc(COCC2CCCNC2)c1. The predicted octanol–water partition coefficient (Wildman–Crippen LogP) is 1.74. The maximum atomic E-state index is 12.8. The van der Waals surface area contributed by atoms with E-state index < -0.39 is 0 Å². The normalized spacial score (nSPS) is 20.9. The van der Waals surface area contributed by atoms with Crippen LogP contribution >= 0.6 is 0 Å². The second-order valence-electron chi connectivity index (χ2n) is 4.24. The number of rotatable bonds is 4. The van der Waals surface area contributed by atoms with Gasteiger partial charge in [0.2, 0.25) is 0 Å². The molecule has 1 atom stereocenters. The molecule has 0 radical (unpaired) electrons. The van der Waals surface area contributed by atoms with Crippen LogP contribution in [0.15, 0.2) is 18.5 Å². The van der Waals surface area contributed by atoms with E-state index in [-0.39, 0.29) is 5.82 Å². The van der Waals surface area contributed by atoms with E-state index in [4.69, 9.17) is 4.74 Å². The van der Waals surface area contributed by atoms with Crippen molar-refractivity contribution in [3.05, 3.63) is 29.8 Å². The standard InChI is InChI=1S/C12H17FN2O/c13-12-4-11(6-15-7-12)9-16-8-10-2-1-3-14-5-10/h4,6-7,10,14H,1-3,5,8-9H2. The molecule has 88 valence electrons. The maximum Gasteiger partial charge on any atom is 0.141 e. The molecule has 1 N–H and O–H groups in total. The van der Waals surface area contributed by atoms with Crippen LogP contribution in [0.3, 0.4) is 0 Å². The molecule has 4 heteroatoms. The zero-order valence-corrected chi connectivity index (χ0v) is 9.29. The summed E-state index contributed by atoms with van der Waals surface area (Å²) in [6, 6.07) is 1.46. The van der Waals surface area contributed by atoms with Crippen molar-refractivity contribution in [1.29, 1.82) is 0 Å².